The van der Waals surface area contributed by atoms with Crippen LogP contribution in [-0.2, 0) is 25.9 Å². The highest BCUT2D eigenvalue weighted by Gasteiger charge is 2.19. The summed E-state index contributed by atoms with van der Waals surface area (Å²) >= 11 is 0. The topological polar surface area (TPSA) is 68.8 Å². The van der Waals surface area contributed by atoms with Gasteiger partial charge in [0.05, 0.1) is 18.8 Å². The molecule has 0 radical (unpaired) electrons. The van der Waals surface area contributed by atoms with Crippen LogP contribution < -0.4 is 5.32 Å². The van der Waals surface area contributed by atoms with Gasteiger partial charge in [0.2, 0.25) is 5.89 Å². The normalized spacial score (nSPS) is 16.5. The summed E-state index contributed by atoms with van der Waals surface area (Å²) in [6.45, 7) is 5.82. The molecule has 1 N–H and O–H groups in total. The second kappa shape index (κ2) is 6.39. The molecule has 3 rings (SSSR count). The summed E-state index contributed by atoms with van der Waals surface area (Å²) in [5, 5.41) is 12.1. The largest absolute Gasteiger partial charge is 0.444 e. The number of aryl methyl sites for hydroxylation is 2. The standard InChI is InChI=1S/C15H23N5O/c1-3-12-9-17-14(21-12)10-16-11(2)15-19-18-13-7-5-4-6-8-20(13)15/h9,11,16H,3-8,10H2,1-2H3/t11-/m1/s1. The van der Waals surface area contributed by atoms with Crippen LogP contribution in [0.2, 0.25) is 0 Å². The van der Waals surface area contributed by atoms with Crippen LogP contribution in [0.1, 0.15) is 62.5 Å². The van der Waals surface area contributed by atoms with Crippen LogP contribution in [-0.4, -0.2) is 19.7 Å². The maximum absolute atomic E-state index is 5.62. The molecular weight excluding hydrogens is 266 g/mol. The Kier molecular flexibility index (Phi) is 4.34. The highest BCUT2D eigenvalue weighted by Crippen LogP contribution is 2.18. The molecule has 2 aromatic heterocycles. The average Bonchev–Trinajstić information content (AvgIpc) is 3.06. The molecule has 1 atom stereocenters. The molecule has 0 saturated heterocycles. The lowest BCUT2D eigenvalue weighted by Crippen LogP contribution is -2.22. The number of rotatable bonds is 5. The summed E-state index contributed by atoms with van der Waals surface area (Å²) in [6, 6.07) is 0.140. The molecule has 1 aliphatic rings. The van der Waals surface area contributed by atoms with Crippen molar-refractivity contribution < 1.29 is 4.42 Å². The van der Waals surface area contributed by atoms with E-state index in [9.17, 15) is 0 Å². The smallest absolute Gasteiger partial charge is 0.208 e. The Morgan fingerprint density at radius 1 is 1.33 bits per heavy atom. The van der Waals surface area contributed by atoms with Crippen molar-refractivity contribution in [3.05, 3.63) is 29.5 Å². The van der Waals surface area contributed by atoms with Crippen LogP contribution >= 0.6 is 0 Å². The van der Waals surface area contributed by atoms with Gasteiger partial charge in [-0.05, 0) is 19.8 Å². The summed E-state index contributed by atoms with van der Waals surface area (Å²) in [7, 11) is 0. The van der Waals surface area contributed by atoms with Gasteiger partial charge in [-0.1, -0.05) is 13.3 Å². The second-order valence-corrected chi connectivity index (χ2v) is 5.61. The van der Waals surface area contributed by atoms with E-state index in [1.165, 1.54) is 19.3 Å². The minimum atomic E-state index is 0.140. The van der Waals surface area contributed by atoms with E-state index in [0.717, 1.165) is 42.7 Å². The van der Waals surface area contributed by atoms with Gasteiger partial charge in [0.1, 0.15) is 17.4 Å². The van der Waals surface area contributed by atoms with Gasteiger partial charge in [0, 0.05) is 19.4 Å². The van der Waals surface area contributed by atoms with Gasteiger partial charge in [0.25, 0.3) is 0 Å². The Morgan fingerprint density at radius 2 is 2.24 bits per heavy atom. The first kappa shape index (κ1) is 14.3. The fraction of sp³-hybridized carbons (Fsp3) is 0.667. The number of nitrogens with one attached hydrogen (secondary N) is 1. The molecule has 0 saturated carbocycles. The summed E-state index contributed by atoms with van der Waals surface area (Å²) in [5.74, 6) is 3.81. The van der Waals surface area contributed by atoms with Gasteiger partial charge in [-0.15, -0.1) is 10.2 Å². The van der Waals surface area contributed by atoms with Gasteiger partial charge in [0.15, 0.2) is 0 Å². The highest BCUT2D eigenvalue weighted by atomic mass is 16.4. The van der Waals surface area contributed by atoms with Gasteiger partial charge >= 0.3 is 0 Å². The number of nitrogens with zero attached hydrogens (tertiary/aromatic N) is 4. The van der Waals surface area contributed by atoms with Crippen molar-refractivity contribution in [1.82, 2.24) is 25.1 Å². The molecule has 0 aliphatic carbocycles. The Balaban J connectivity index is 1.65. The van der Waals surface area contributed by atoms with E-state index < -0.39 is 0 Å². The van der Waals surface area contributed by atoms with Crippen LogP contribution in [0, 0.1) is 0 Å². The maximum atomic E-state index is 5.62. The Labute approximate surface area is 125 Å². The maximum Gasteiger partial charge on any atom is 0.208 e. The Morgan fingerprint density at radius 3 is 3.05 bits per heavy atom. The molecule has 0 bridgehead atoms. The van der Waals surface area contributed by atoms with Crippen LogP contribution in [0.3, 0.4) is 0 Å². The third kappa shape index (κ3) is 3.15. The second-order valence-electron chi connectivity index (χ2n) is 5.61. The number of hydrogen-bond acceptors (Lipinski definition) is 5. The lowest BCUT2D eigenvalue weighted by molar-refractivity contribution is 0.414. The van der Waals surface area contributed by atoms with E-state index >= 15 is 0 Å². The Hall–Kier alpha value is -1.69. The lowest BCUT2D eigenvalue weighted by atomic mass is 10.2. The predicted molar refractivity (Wildman–Crippen MR) is 78.7 cm³/mol. The monoisotopic (exact) mass is 289 g/mol. The predicted octanol–water partition coefficient (Wildman–Crippen LogP) is 2.41. The molecule has 0 amide bonds. The molecule has 2 aromatic rings. The van der Waals surface area contributed by atoms with E-state index in [2.05, 4.69) is 38.9 Å². The van der Waals surface area contributed by atoms with Crippen molar-refractivity contribution in [2.75, 3.05) is 0 Å². The Bertz CT molecular complexity index is 589. The van der Waals surface area contributed by atoms with E-state index in [1.807, 2.05) is 0 Å². The fourth-order valence-electron chi connectivity index (χ4n) is 2.75. The zero-order valence-corrected chi connectivity index (χ0v) is 12.8. The van der Waals surface area contributed by atoms with Crippen LogP contribution in [0.4, 0.5) is 0 Å². The molecule has 0 unspecified atom stereocenters. The van der Waals surface area contributed by atoms with E-state index in [-0.39, 0.29) is 6.04 Å². The van der Waals surface area contributed by atoms with Gasteiger partial charge < -0.3 is 8.98 Å². The molecule has 0 aromatic carbocycles. The zero-order chi connectivity index (χ0) is 14.7. The van der Waals surface area contributed by atoms with E-state index in [4.69, 9.17) is 4.42 Å². The van der Waals surface area contributed by atoms with Gasteiger partial charge in [-0.25, -0.2) is 4.98 Å². The number of oxazole rings is 1. The van der Waals surface area contributed by atoms with Crippen LogP contribution in [0.25, 0.3) is 0 Å². The summed E-state index contributed by atoms with van der Waals surface area (Å²) in [5.41, 5.74) is 0. The molecule has 114 valence electrons. The lowest BCUT2D eigenvalue weighted by Gasteiger charge is -2.14. The third-order valence-electron chi connectivity index (χ3n) is 4.03. The van der Waals surface area contributed by atoms with Crippen molar-refractivity contribution in [2.45, 2.75) is 65.1 Å². The number of hydrogen-bond donors (Lipinski definition) is 1. The van der Waals surface area contributed by atoms with Crippen molar-refractivity contribution in [2.24, 2.45) is 0 Å². The fourth-order valence-corrected chi connectivity index (χ4v) is 2.75. The first-order valence-corrected chi connectivity index (χ1v) is 7.87. The van der Waals surface area contributed by atoms with Gasteiger partial charge in [-0.2, -0.15) is 0 Å². The molecule has 0 spiro atoms. The van der Waals surface area contributed by atoms with Gasteiger partial charge in [-0.3, -0.25) is 5.32 Å². The quantitative estimate of drug-likeness (QED) is 0.915. The van der Waals surface area contributed by atoms with E-state index in [1.54, 1.807) is 6.20 Å². The van der Waals surface area contributed by atoms with E-state index in [0.29, 0.717) is 6.54 Å². The first-order chi connectivity index (χ1) is 10.3. The molecule has 1 aliphatic heterocycles. The zero-order valence-electron chi connectivity index (χ0n) is 12.8. The van der Waals surface area contributed by atoms with Crippen molar-refractivity contribution in [3.63, 3.8) is 0 Å². The number of aromatic nitrogens is 4. The molecular formula is C15H23N5O. The SMILES string of the molecule is CCc1cnc(CN[C@H](C)c2nnc3n2CCCCC3)o1. The minimum Gasteiger partial charge on any atom is -0.444 e. The third-order valence-corrected chi connectivity index (χ3v) is 4.03. The molecule has 6 nitrogen and oxygen atoms in total. The van der Waals surface area contributed by atoms with Crippen LogP contribution in [0.5, 0.6) is 0 Å². The summed E-state index contributed by atoms with van der Waals surface area (Å²) < 4.78 is 7.89. The minimum absolute atomic E-state index is 0.140. The highest BCUT2D eigenvalue weighted by molar-refractivity contribution is 5.02. The molecule has 3 heterocycles. The summed E-state index contributed by atoms with van der Waals surface area (Å²) in [6.07, 6.45) is 7.42. The van der Waals surface area contributed by atoms with Crippen molar-refractivity contribution in [3.8, 4) is 0 Å². The molecule has 0 fully saturated rings. The molecule has 21 heavy (non-hydrogen) atoms. The average molecular weight is 289 g/mol. The summed E-state index contributed by atoms with van der Waals surface area (Å²) in [4.78, 5) is 4.27. The first-order valence-electron chi connectivity index (χ1n) is 7.87. The number of fused-ring (bicyclic) bond motifs is 1. The van der Waals surface area contributed by atoms with Crippen molar-refractivity contribution >= 4 is 0 Å². The molecule has 6 heteroatoms. The van der Waals surface area contributed by atoms with Crippen LogP contribution in [0.15, 0.2) is 10.6 Å². The van der Waals surface area contributed by atoms with Crippen molar-refractivity contribution in [1.29, 1.82) is 0 Å².